The predicted octanol–water partition coefficient (Wildman–Crippen LogP) is 1.57. The molecule has 2 N–H and O–H groups in total. The van der Waals surface area contributed by atoms with Crippen molar-refractivity contribution in [3.05, 3.63) is 71.8 Å². The first kappa shape index (κ1) is 24.7. The molecule has 2 atom stereocenters. The van der Waals surface area contributed by atoms with E-state index in [1.54, 1.807) is 19.2 Å². The molecule has 0 spiro atoms. The van der Waals surface area contributed by atoms with Crippen LogP contribution in [0.3, 0.4) is 0 Å². The second kappa shape index (κ2) is 13.0. The minimum absolute atomic E-state index is 0.171. The Hall–Kier alpha value is -3.52. The number of ether oxygens (including phenoxy) is 2. The van der Waals surface area contributed by atoms with Crippen LogP contribution in [0.2, 0.25) is 0 Å². The van der Waals surface area contributed by atoms with Gasteiger partial charge in [-0.15, -0.1) is 0 Å². The Bertz CT molecular complexity index is 901. The van der Waals surface area contributed by atoms with E-state index in [1.807, 2.05) is 48.5 Å². The molecule has 170 valence electrons. The summed E-state index contributed by atoms with van der Waals surface area (Å²) < 4.78 is 10.2. The van der Waals surface area contributed by atoms with Crippen LogP contribution in [-0.2, 0) is 41.5 Å². The maximum Gasteiger partial charge on any atom is 0.331 e. The van der Waals surface area contributed by atoms with Gasteiger partial charge in [0.1, 0.15) is 17.9 Å². The van der Waals surface area contributed by atoms with Crippen molar-refractivity contribution in [3.63, 3.8) is 0 Å². The molecule has 0 aliphatic rings. The summed E-state index contributed by atoms with van der Waals surface area (Å²) in [5.74, 6) is -2.22. The lowest BCUT2D eigenvalue weighted by Gasteiger charge is -2.19. The maximum atomic E-state index is 12.6. The van der Waals surface area contributed by atoms with Crippen molar-refractivity contribution in [3.8, 4) is 0 Å². The number of likely N-dealkylation sites (N-methyl/N-ethyl adjacent to an activating group) is 1. The molecule has 1 amide bonds. The summed E-state index contributed by atoms with van der Waals surface area (Å²) >= 11 is 0. The predicted molar refractivity (Wildman–Crippen MR) is 117 cm³/mol. The molecule has 2 rings (SSSR count). The van der Waals surface area contributed by atoms with E-state index in [-0.39, 0.29) is 18.6 Å². The average molecular weight is 440 g/mol. The van der Waals surface area contributed by atoms with E-state index >= 15 is 0 Å². The van der Waals surface area contributed by atoms with Gasteiger partial charge in [0.25, 0.3) is 0 Å². The first-order valence-corrected chi connectivity index (χ1v) is 10.3. The van der Waals surface area contributed by atoms with Gasteiger partial charge in [0, 0.05) is 6.42 Å². The topological polar surface area (TPSA) is 111 Å². The number of nitrogens with one attached hydrogen (secondary N) is 2. The molecule has 8 heteroatoms. The summed E-state index contributed by atoms with van der Waals surface area (Å²) in [5.41, 5.74) is 1.75. The molecule has 0 fully saturated rings. The summed E-state index contributed by atoms with van der Waals surface area (Å²) in [6.45, 7) is 0.704. The van der Waals surface area contributed by atoms with Crippen molar-refractivity contribution in [2.45, 2.75) is 38.3 Å². The van der Waals surface area contributed by atoms with Gasteiger partial charge >= 0.3 is 11.9 Å². The molecule has 0 aromatic heterocycles. The van der Waals surface area contributed by atoms with Crippen LogP contribution in [0.1, 0.15) is 24.5 Å². The monoisotopic (exact) mass is 440 g/mol. The third-order valence-electron chi connectivity index (χ3n) is 4.63. The van der Waals surface area contributed by atoms with Gasteiger partial charge < -0.3 is 20.1 Å². The van der Waals surface area contributed by atoms with Gasteiger partial charge in [-0.05, 0) is 31.5 Å². The zero-order valence-electron chi connectivity index (χ0n) is 18.2. The van der Waals surface area contributed by atoms with Crippen LogP contribution >= 0.6 is 0 Å². The highest BCUT2D eigenvalue weighted by Gasteiger charge is 2.25. The van der Waals surface area contributed by atoms with Crippen molar-refractivity contribution in [1.29, 1.82) is 0 Å². The molecule has 0 radical (unpaired) electrons. The summed E-state index contributed by atoms with van der Waals surface area (Å²) in [7, 11) is 1.64. The van der Waals surface area contributed by atoms with Crippen LogP contribution in [0.15, 0.2) is 60.7 Å². The van der Waals surface area contributed by atoms with Crippen LogP contribution in [0.25, 0.3) is 0 Å². The Morgan fingerprint density at radius 3 is 1.72 bits per heavy atom. The summed E-state index contributed by atoms with van der Waals surface area (Å²) in [4.78, 5) is 48.1. The van der Waals surface area contributed by atoms with Crippen LogP contribution in [-0.4, -0.2) is 49.6 Å². The lowest BCUT2D eigenvalue weighted by Crippen LogP contribution is -2.44. The Balaban J connectivity index is 1.92. The number of benzene rings is 2. The number of esters is 2. The molecule has 0 bridgehead atoms. The van der Waals surface area contributed by atoms with Gasteiger partial charge in [-0.1, -0.05) is 60.7 Å². The van der Waals surface area contributed by atoms with Crippen LogP contribution in [0, 0.1) is 0 Å². The van der Waals surface area contributed by atoms with Crippen molar-refractivity contribution >= 4 is 23.6 Å². The number of carbonyl (C=O) groups is 4. The van der Waals surface area contributed by atoms with Crippen molar-refractivity contribution in [1.82, 2.24) is 10.6 Å². The third kappa shape index (κ3) is 8.69. The molecule has 8 nitrogen and oxygen atoms in total. The number of ketones is 1. The number of hydrogen-bond acceptors (Lipinski definition) is 7. The second-order valence-electron chi connectivity index (χ2n) is 7.26. The highest BCUT2D eigenvalue weighted by Crippen LogP contribution is 2.07. The standard InChI is InChI=1S/C24H28N2O6/c1-17(27)13-22(28)26-21(15-19-11-7-4-8-12-19)24(30)32-16-31-23(29)20(25-2)14-18-9-5-3-6-10-18/h3-12,20-21,25H,13-16H2,1-2H3,(H,26,28). The van der Waals surface area contributed by atoms with E-state index in [1.165, 1.54) is 6.92 Å². The first-order chi connectivity index (χ1) is 15.4. The molecule has 2 aromatic rings. The highest BCUT2D eigenvalue weighted by molar-refractivity contribution is 5.98. The van der Waals surface area contributed by atoms with Crippen LogP contribution in [0.5, 0.6) is 0 Å². The van der Waals surface area contributed by atoms with Crippen molar-refractivity contribution < 1.29 is 28.7 Å². The summed E-state index contributed by atoms with van der Waals surface area (Å²) in [6, 6.07) is 16.9. The van der Waals surface area contributed by atoms with Crippen molar-refractivity contribution in [2.75, 3.05) is 13.8 Å². The second-order valence-corrected chi connectivity index (χ2v) is 7.26. The Labute approximate surface area is 187 Å². The smallest absolute Gasteiger partial charge is 0.331 e. The zero-order valence-corrected chi connectivity index (χ0v) is 18.2. The summed E-state index contributed by atoms with van der Waals surface area (Å²) in [5, 5.41) is 5.40. The molecular formula is C24H28N2O6. The maximum absolute atomic E-state index is 12.6. The quantitative estimate of drug-likeness (QED) is 0.293. The summed E-state index contributed by atoms with van der Waals surface area (Å²) in [6.07, 6.45) is 0.253. The molecule has 32 heavy (non-hydrogen) atoms. The van der Waals surface area contributed by atoms with Gasteiger partial charge in [0.2, 0.25) is 12.7 Å². The first-order valence-electron chi connectivity index (χ1n) is 10.3. The number of amides is 1. The molecule has 0 aliphatic heterocycles. The molecule has 2 unspecified atom stereocenters. The molecule has 0 saturated heterocycles. The molecular weight excluding hydrogens is 412 g/mol. The van der Waals surface area contributed by atoms with E-state index in [9.17, 15) is 19.2 Å². The Morgan fingerprint density at radius 2 is 1.25 bits per heavy atom. The Morgan fingerprint density at radius 1 is 0.781 bits per heavy atom. The molecule has 0 aliphatic carbocycles. The van der Waals surface area contributed by atoms with E-state index in [0.29, 0.717) is 6.42 Å². The zero-order chi connectivity index (χ0) is 23.3. The van der Waals surface area contributed by atoms with E-state index < -0.39 is 36.7 Å². The van der Waals surface area contributed by atoms with Crippen LogP contribution in [0.4, 0.5) is 0 Å². The van der Waals surface area contributed by atoms with Gasteiger partial charge in [0.05, 0.1) is 6.42 Å². The minimum atomic E-state index is -1.02. The molecule has 0 heterocycles. The fraction of sp³-hybridized carbons (Fsp3) is 0.333. The fourth-order valence-corrected chi connectivity index (χ4v) is 3.01. The number of carbonyl (C=O) groups excluding carboxylic acids is 4. The lowest BCUT2D eigenvalue weighted by atomic mass is 10.1. The normalized spacial score (nSPS) is 12.3. The van der Waals surface area contributed by atoms with Crippen molar-refractivity contribution in [2.24, 2.45) is 0 Å². The van der Waals surface area contributed by atoms with Gasteiger partial charge in [0.15, 0.2) is 0 Å². The average Bonchev–Trinajstić information content (AvgIpc) is 2.77. The SMILES string of the molecule is CNC(Cc1ccccc1)C(=O)OCOC(=O)C(Cc1ccccc1)NC(=O)CC(C)=O. The largest absolute Gasteiger partial charge is 0.427 e. The minimum Gasteiger partial charge on any atom is -0.427 e. The van der Waals surface area contributed by atoms with E-state index in [4.69, 9.17) is 9.47 Å². The lowest BCUT2D eigenvalue weighted by molar-refractivity contribution is -0.170. The van der Waals surface area contributed by atoms with E-state index in [0.717, 1.165) is 11.1 Å². The third-order valence-corrected chi connectivity index (χ3v) is 4.63. The highest BCUT2D eigenvalue weighted by atomic mass is 16.7. The van der Waals surface area contributed by atoms with Gasteiger partial charge in [-0.25, -0.2) is 4.79 Å². The number of rotatable bonds is 12. The van der Waals surface area contributed by atoms with Gasteiger partial charge in [-0.3, -0.25) is 14.4 Å². The van der Waals surface area contributed by atoms with Crippen LogP contribution < -0.4 is 10.6 Å². The Kier molecular flexibility index (Phi) is 10.1. The molecule has 2 aromatic carbocycles. The number of Topliss-reactive ketones (excluding diaryl/α,β-unsaturated/α-hetero) is 1. The number of hydrogen-bond donors (Lipinski definition) is 2. The van der Waals surface area contributed by atoms with Gasteiger partial charge in [-0.2, -0.15) is 0 Å². The van der Waals surface area contributed by atoms with E-state index in [2.05, 4.69) is 10.6 Å². The fourth-order valence-electron chi connectivity index (χ4n) is 3.01. The molecule has 0 saturated carbocycles.